The van der Waals surface area contributed by atoms with E-state index in [-0.39, 0.29) is 5.56 Å². The average molecular weight is 337 g/mol. The molecule has 0 atom stereocenters. The summed E-state index contributed by atoms with van der Waals surface area (Å²) in [6.45, 7) is 1.44. The molecule has 0 amide bonds. The number of aromatic nitrogens is 2. The van der Waals surface area contributed by atoms with Gasteiger partial charge in [-0.1, -0.05) is 24.3 Å². The fraction of sp³-hybridized carbons (Fsp3) is 0.300. The van der Waals surface area contributed by atoms with Crippen LogP contribution in [0.3, 0.4) is 0 Å². The molecule has 0 aliphatic heterocycles. The summed E-state index contributed by atoms with van der Waals surface area (Å²) < 4.78 is 7.02. The normalized spacial score (nSPS) is 11.2. The van der Waals surface area contributed by atoms with Gasteiger partial charge in [-0.05, 0) is 43.9 Å². The number of rotatable bonds is 6. The maximum Gasteiger partial charge on any atom is 0.273 e. The molecule has 0 fully saturated rings. The predicted octanol–water partition coefficient (Wildman–Crippen LogP) is 2.56. The van der Waals surface area contributed by atoms with Gasteiger partial charge in [0.15, 0.2) is 0 Å². The van der Waals surface area contributed by atoms with E-state index in [1.165, 1.54) is 0 Å². The number of benzene rings is 2. The SMILES string of the molecule is COc1ccc(Cc2nc3ccccc3n(CCN(C)C)c2=O)cc1. The predicted molar refractivity (Wildman–Crippen MR) is 100 cm³/mol. The van der Waals surface area contributed by atoms with Crippen molar-refractivity contribution in [2.45, 2.75) is 13.0 Å². The fourth-order valence-corrected chi connectivity index (χ4v) is 2.82. The lowest BCUT2D eigenvalue weighted by atomic mass is 10.1. The molecule has 0 N–H and O–H groups in total. The van der Waals surface area contributed by atoms with Crippen LogP contribution in [0.15, 0.2) is 53.3 Å². The molecule has 0 aliphatic rings. The van der Waals surface area contributed by atoms with Crippen LogP contribution >= 0.6 is 0 Å². The molecule has 0 bridgehead atoms. The smallest absolute Gasteiger partial charge is 0.273 e. The second-order valence-corrected chi connectivity index (χ2v) is 6.33. The monoisotopic (exact) mass is 337 g/mol. The lowest BCUT2D eigenvalue weighted by Crippen LogP contribution is -2.30. The Bertz CT molecular complexity index is 914. The van der Waals surface area contributed by atoms with Gasteiger partial charge in [-0.15, -0.1) is 0 Å². The lowest BCUT2D eigenvalue weighted by Gasteiger charge is -2.15. The van der Waals surface area contributed by atoms with Crippen molar-refractivity contribution in [3.05, 3.63) is 70.1 Å². The molecule has 5 heteroatoms. The molecule has 2 aromatic carbocycles. The van der Waals surface area contributed by atoms with E-state index in [4.69, 9.17) is 4.74 Å². The zero-order chi connectivity index (χ0) is 17.8. The molecule has 0 saturated carbocycles. The first-order valence-corrected chi connectivity index (χ1v) is 8.34. The zero-order valence-corrected chi connectivity index (χ0v) is 14.9. The number of ether oxygens (including phenoxy) is 1. The lowest BCUT2D eigenvalue weighted by molar-refractivity contribution is 0.383. The highest BCUT2D eigenvalue weighted by Crippen LogP contribution is 2.15. The van der Waals surface area contributed by atoms with Gasteiger partial charge in [-0.3, -0.25) is 4.79 Å². The van der Waals surface area contributed by atoms with E-state index >= 15 is 0 Å². The van der Waals surface area contributed by atoms with Crippen molar-refractivity contribution in [1.82, 2.24) is 14.5 Å². The molecule has 1 aromatic heterocycles. The van der Waals surface area contributed by atoms with Crippen LogP contribution in [-0.4, -0.2) is 42.2 Å². The summed E-state index contributed by atoms with van der Waals surface area (Å²) in [6.07, 6.45) is 0.510. The van der Waals surface area contributed by atoms with Crippen LogP contribution in [0.25, 0.3) is 11.0 Å². The maximum absolute atomic E-state index is 13.0. The number of hydrogen-bond acceptors (Lipinski definition) is 4. The molecule has 1 heterocycles. The Kier molecular flexibility index (Phi) is 5.14. The largest absolute Gasteiger partial charge is 0.497 e. The highest BCUT2D eigenvalue weighted by Gasteiger charge is 2.11. The van der Waals surface area contributed by atoms with E-state index in [9.17, 15) is 4.79 Å². The van der Waals surface area contributed by atoms with Crippen molar-refractivity contribution in [3.63, 3.8) is 0 Å². The number of fused-ring (bicyclic) bond motifs is 1. The standard InChI is InChI=1S/C20H23N3O2/c1-22(2)12-13-23-19-7-5-4-6-17(19)21-18(20(23)24)14-15-8-10-16(25-3)11-9-15/h4-11H,12-14H2,1-3H3. The Labute approximate surface area is 147 Å². The van der Waals surface area contributed by atoms with Crippen molar-refractivity contribution >= 4 is 11.0 Å². The van der Waals surface area contributed by atoms with Gasteiger partial charge in [0.1, 0.15) is 11.4 Å². The Morgan fingerprint density at radius 2 is 1.80 bits per heavy atom. The van der Waals surface area contributed by atoms with E-state index in [0.29, 0.717) is 18.7 Å². The van der Waals surface area contributed by atoms with E-state index in [1.807, 2.05) is 67.2 Å². The van der Waals surface area contributed by atoms with Crippen LogP contribution in [-0.2, 0) is 13.0 Å². The highest BCUT2D eigenvalue weighted by atomic mass is 16.5. The molecule has 3 aromatic rings. The van der Waals surface area contributed by atoms with Crippen LogP contribution in [0.1, 0.15) is 11.3 Å². The van der Waals surface area contributed by atoms with Crippen molar-refractivity contribution < 1.29 is 4.74 Å². The number of para-hydroxylation sites is 2. The van der Waals surface area contributed by atoms with Gasteiger partial charge < -0.3 is 14.2 Å². The molecular formula is C20H23N3O2. The topological polar surface area (TPSA) is 47.4 Å². The molecule has 0 saturated heterocycles. The molecule has 0 aliphatic carbocycles. The molecule has 0 unspecified atom stereocenters. The highest BCUT2D eigenvalue weighted by molar-refractivity contribution is 5.74. The number of hydrogen-bond donors (Lipinski definition) is 0. The minimum atomic E-state index is -0.0173. The van der Waals surface area contributed by atoms with Gasteiger partial charge in [0, 0.05) is 19.5 Å². The third-order valence-electron chi connectivity index (χ3n) is 4.22. The first-order valence-electron chi connectivity index (χ1n) is 8.34. The summed E-state index contributed by atoms with van der Waals surface area (Å²) in [5.74, 6) is 0.804. The Balaban J connectivity index is 2.02. The maximum atomic E-state index is 13.0. The molecule has 130 valence electrons. The van der Waals surface area contributed by atoms with Gasteiger partial charge >= 0.3 is 0 Å². The van der Waals surface area contributed by atoms with Gasteiger partial charge in [-0.2, -0.15) is 0 Å². The van der Waals surface area contributed by atoms with Crippen molar-refractivity contribution in [2.75, 3.05) is 27.7 Å². The van der Waals surface area contributed by atoms with Crippen LogP contribution in [0.2, 0.25) is 0 Å². The quantitative estimate of drug-likeness (QED) is 0.694. The molecular weight excluding hydrogens is 314 g/mol. The van der Waals surface area contributed by atoms with Gasteiger partial charge in [-0.25, -0.2) is 4.98 Å². The first-order chi connectivity index (χ1) is 12.1. The molecule has 5 nitrogen and oxygen atoms in total. The Morgan fingerprint density at radius 1 is 1.08 bits per heavy atom. The Hall–Kier alpha value is -2.66. The van der Waals surface area contributed by atoms with E-state index in [2.05, 4.69) is 9.88 Å². The summed E-state index contributed by atoms with van der Waals surface area (Å²) in [4.78, 5) is 19.7. The summed E-state index contributed by atoms with van der Waals surface area (Å²) in [5, 5.41) is 0. The van der Waals surface area contributed by atoms with E-state index in [1.54, 1.807) is 7.11 Å². The summed E-state index contributed by atoms with van der Waals surface area (Å²) in [5.41, 5.74) is 3.33. The third kappa shape index (κ3) is 3.88. The van der Waals surface area contributed by atoms with Crippen LogP contribution in [0.4, 0.5) is 0 Å². The van der Waals surface area contributed by atoms with Crippen molar-refractivity contribution in [1.29, 1.82) is 0 Å². The van der Waals surface area contributed by atoms with Gasteiger partial charge in [0.25, 0.3) is 5.56 Å². The van der Waals surface area contributed by atoms with Crippen molar-refractivity contribution in [3.8, 4) is 5.75 Å². The van der Waals surface area contributed by atoms with Crippen LogP contribution in [0.5, 0.6) is 5.75 Å². The fourth-order valence-electron chi connectivity index (χ4n) is 2.82. The number of likely N-dealkylation sites (N-methyl/N-ethyl adjacent to an activating group) is 1. The summed E-state index contributed by atoms with van der Waals surface area (Å²) in [7, 11) is 5.66. The second-order valence-electron chi connectivity index (χ2n) is 6.33. The molecule has 0 radical (unpaired) electrons. The van der Waals surface area contributed by atoms with Crippen LogP contribution in [0, 0.1) is 0 Å². The minimum absolute atomic E-state index is 0.0173. The number of nitrogens with zero attached hydrogens (tertiary/aromatic N) is 3. The minimum Gasteiger partial charge on any atom is -0.497 e. The summed E-state index contributed by atoms with van der Waals surface area (Å²) >= 11 is 0. The van der Waals surface area contributed by atoms with Crippen molar-refractivity contribution in [2.24, 2.45) is 0 Å². The molecule has 25 heavy (non-hydrogen) atoms. The third-order valence-corrected chi connectivity index (χ3v) is 4.22. The van der Waals surface area contributed by atoms with Gasteiger partial charge in [0.2, 0.25) is 0 Å². The first kappa shape index (κ1) is 17.2. The number of methoxy groups -OCH3 is 1. The average Bonchev–Trinajstić information content (AvgIpc) is 2.62. The molecule has 3 rings (SSSR count). The zero-order valence-electron chi connectivity index (χ0n) is 14.9. The van der Waals surface area contributed by atoms with E-state index in [0.717, 1.165) is 28.9 Å². The molecule has 0 spiro atoms. The Morgan fingerprint density at radius 3 is 2.48 bits per heavy atom. The second kappa shape index (κ2) is 7.49. The van der Waals surface area contributed by atoms with Gasteiger partial charge in [0.05, 0.1) is 18.1 Å². The summed E-state index contributed by atoms with van der Waals surface area (Å²) in [6, 6.07) is 15.6. The van der Waals surface area contributed by atoms with Crippen LogP contribution < -0.4 is 10.3 Å². The van der Waals surface area contributed by atoms with E-state index < -0.39 is 0 Å².